The SMILES string of the molecule is [2H]c1c([2H])c([2H])c(-c2cccc(-c3c([2H])c([2H])c([2H])c([2H])c3[2H])c2-[n+]2[c-]n3c4c(cc(N(C)C)cc42)[Si](C)(C)c2ccc(Oc4[c-]c5c(cc4)c4ccccc4n5-c4cc(C(C)(C)C)ccn4)[c-]c2-3)c([2H])c1[2H].[Pt]. The molecule has 0 spiro atoms. The summed E-state index contributed by atoms with van der Waals surface area (Å²) in [6, 6.07) is 31.3. The first-order chi connectivity index (χ1) is 34.6. The quantitative estimate of drug-likeness (QED) is 0.0907. The molecule has 0 amide bonds. The van der Waals surface area contributed by atoms with Gasteiger partial charge in [0, 0.05) is 72.1 Å². The van der Waals surface area contributed by atoms with Gasteiger partial charge in [-0.3, -0.25) is 4.57 Å². The topological polar surface area (TPSA) is 39.1 Å². The van der Waals surface area contributed by atoms with E-state index in [4.69, 9.17) is 23.4 Å². The first-order valence-electron chi connectivity index (χ1n) is 25.8. The molecule has 3 aromatic heterocycles. The number of anilines is 1. The average molecular weight is 1040 g/mol. The zero-order valence-corrected chi connectivity index (χ0v) is 39.5. The van der Waals surface area contributed by atoms with Crippen molar-refractivity contribution in [2.75, 3.05) is 19.0 Å². The maximum Gasteiger partial charge on any atom is 0.268 e. The summed E-state index contributed by atoms with van der Waals surface area (Å²) in [5.41, 5.74) is 5.98. The molecule has 0 saturated heterocycles. The Morgan fingerprint density at radius 3 is 2.09 bits per heavy atom. The number of aromatic nitrogens is 4. The van der Waals surface area contributed by atoms with E-state index in [9.17, 15) is 0 Å². The first kappa shape index (κ1) is 31.3. The fourth-order valence-corrected chi connectivity index (χ4v) is 11.8. The summed E-state index contributed by atoms with van der Waals surface area (Å²) in [5.74, 6) is 1.62. The van der Waals surface area contributed by atoms with E-state index >= 15 is 0 Å². The van der Waals surface area contributed by atoms with Crippen molar-refractivity contribution in [3.63, 3.8) is 0 Å². The molecule has 0 unspecified atom stereocenters. The van der Waals surface area contributed by atoms with Gasteiger partial charge in [-0.2, -0.15) is 12.1 Å². The van der Waals surface area contributed by atoms with Crippen LogP contribution in [0.4, 0.5) is 5.69 Å². The van der Waals surface area contributed by atoms with Gasteiger partial charge in [0.25, 0.3) is 6.33 Å². The summed E-state index contributed by atoms with van der Waals surface area (Å²) in [7, 11) is 1.24. The second-order valence-electron chi connectivity index (χ2n) is 17.6. The van der Waals surface area contributed by atoms with Gasteiger partial charge in [0.05, 0.1) is 30.4 Å². The van der Waals surface area contributed by atoms with E-state index in [1.165, 1.54) is 0 Å². The van der Waals surface area contributed by atoms with Crippen LogP contribution in [0.15, 0.2) is 158 Å². The van der Waals surface area contributed by atoms with Crippen LogP contribution in [-0.2, 0) is 26.5 Å². The van der Waals surface area contributed by atoms with Crippen LogP contribution in [0.25, 0.3) is 72.3 Å². The molecule has 11 rings (SSSR count). The Kier molecular flexibility index (Phi) is 7.65. The number of hydrogen-bond acceptors (Lipinski definition) is 3. The number of rotatable bonds is 7. The van der Waals surface area contributed by atoms with E-state index in [2.05, 4.69) is 87.2 Å². The predicted molar refractivity (Wildman–Crippen MR) is 261 cm³/mol. The Morgan fingerprint density at radius 2 is 1.41 bits per heavy atom. The van der Waals surface area contributed by atoms with Crippen LogP contribution in [0, 0.1) is 18.5 Å². The van der Waals surface area contributed by atoms with Gasteiger partial charge < -0.3 is 18.8 Å². The van der Waals surface area contributed by atoms with Crippen molar-refractivity contribution < 1.29 is 44.1 Å². The molecular weight excluding hydrogens is 982 g/mol. The Labute approximate surface area is 404 Å². The number of imidazole rings is 1. The van der Waals surface area contributed by atoms with Gasteiger partial charge >= 0.3 is 0 Å². The number of hydrogen-bond donors (Lipinski definition) is 0. The van der Waals surface area contributed by atoms with E-state index in [1.54, 1.807) is 22.8 Å². The fourth-order valence-electron chi connectivity index (χ4n) is 8.88. The summed E-state index contributed by atoms with van der Waals surface area (Å²) < 4.78 is 101. The minimum atomic E-state index is -2.64. The zero-order valence-electron chi connectivity index (χ0n) is 46.2. The Morgan fingerprint density at radius 1 is 0.734 bits per heavy atom. The Bertz CT molecular complexity index is 3890. The second kappa shape index (κ2) is 15.6. The van der Waals surface area contributed by atoms with Crippen LogP contribution in [-0.4, -0.2) is 36.3 Å². The van der Waals surface area contributed by atoms with E-state index < -0.39 is 68.5 Å². The van der Waals surface area contributed by atoms with Crippen molar-refractivity contribution in [3.05, 3.63) is 182 Å². The normalized spacial score (nSPS) is 15.1. The van der Waals surface area contributed by atoms with Gasteiger partial charge in [0.15, 0.2) is 0 Å². The standard InChI is InChI=1S/C56H47N5OSi.Pt/c1-56(2,3)39-29-30-57-53(31-39)61-47-24-15-14-21-45(47)46-27-25-41(34-48(46)61)62-42-26-28-51-49(35-42)59-36-60(50-32-40(58(4)5)33-52(55(50)59)63(51,6)7)54-43(37-17-10-8-11-18-37)22-16-23-44(54)38-19-12-9-13-20-38;/h8-33H,1-7H3;/q-2;/i8D,9D,10D,11D,12D,13D,17D,18D,19D,20D;. The molecule has 0 radical (unpaired) electrons. The van der Waals surface area contributed by atoms with Crippen LogP contribution >= 0.6 is 0 Å². The van der Waals surface area contributed by atoms with Crippen LogP contribution in [0.5, 0.6) is 11.5 Å². The second-order valence-corrected chi connectivity index (χ2v) is 22.0. The molecule has 7 aromatic carbocycles. The monoisotopic (exact) mass is 1040 g/mol. The predicted octanol–water partition coefficient (Wildman–Crippen LogP) is 11.4. The maximum absolute atomic E-state index is 9.17. The van der Waals surface area contributed by atoms with Gasteiger partial charge in [-0.1, -0.05) is 141 Å². The third-order valence-corrected chi connectivity index (χ3v) is 15.6. The third kappa shape index (κ3) is 6.72. The molecule has 1 aliphatic rings. The van der Waals surface area contributed by atoms with Gasteiger partial charge in [-0.15, -0.1) is 34.8 Å². The van der Waals surface area contributed by atoms with Gasteiger partial charge in [-0.05, 0) is 74.6 Å². The molecule has 318 valence electrons. The van der Waals surface area contributed by atoms with E-state index in [0.717, 1.165) is 54.8 Å². The number of nitrogens with zero attached hydrogens (tertiary/aromatic N) is 5. The largest absolute Gasteiger partial charge is 0.510 e. The molecule has 0 fully saturated rings. The molecule has 0 atom stereocenters. The third-order valence-electron chi connectivity index (χ3n) is 12.1. The van der Waals surface area contributed by atoms with Crippen molar-refractivity contribution >= 4 is 57.0 Å². The van der Waals surface area contributed by atoms with Crippen molar-refractivity contribution in [3.8, 4) is 50.9 Å². The number of fused-ring (bicyclic) bond motifs is 5. The van der Waals surface area contributed by atoms with Crippen LogP contribution < -0.4 is 24.6 Å². The molecule has 64 heavy (non-hydrogen) atoms. The smallest absolute Gasteiger partial charge is 0.268 e. The molecule has 4 heterocycles. The van der Waals surface area contributed by atoms with Gasteiger partial charge in [-0.25, -0.2) is 4.98 Å². The number of ether oxygens (including phenoxy) is 1. The van der Waals surface area contributed by atoms with Crippen molar-refractivity contribution in [2.24, 2.45) is 0 Å². The maximum atomic E-state index is 9.17. The summed E-state index contributed by atoms with van der Waals surface area (Å²) in [5, 5.41) is 4.12. The minimum Gasteiger partial charge on any atom is -0.510 e. The van der Waals surface area contributed by atoms with Crippen molar-refractivity contribution in [1.29, 1.82) is 0 Å². The molecule has 10 aromatic rings. The van der Waals surface area contributed by atoms with E-state index in [1.807, 2.05) is 72.2 Å². The fraction of sp³-hybridized carbons (Fsp3) is 0.143. The molecule has 0 N–H and O–H groups in total. The summed E-state index contributed by atoms with van der Waals surface area (Å²) >= 11 is 0. The first-order valence-corrected chi connectivity index (χ1v) is 23.8. The van der Waals surface area contributed by atoms with Crippen LogP contribution in [0.3, 0.4) is 0 Å². The molecule has 1 aliphatic heterocycles. The molecule has 0 aliphatic carbocycles. The van der Waals surface area contributed by atoms with Gasteiger partial charge in [0.2, 0.25) is 0 Å². The number of pyridine rings is 1. The molecule has 8 heteroatoms. The van der Waals surface area contributed by atoms with E-state index in [0.29, 0.717) is 22.7 Å². The molecular formula is C56H47N5OPtSi-2. The molecule has 0 bridgehead atoms. The summed E-state index contributed by atoms with van der Waals surface area (Å²) in [6.07, 6.45) is 5.42. The Hall–Kier alpha value is -6.53. The number of para-hydroxylation sites is 2. The Balaban J connectivity index is 0.00000626. The van der Waals surface area contributed by atoms with Crippen molar-refractivity contribution in [2.45, 2.75) is 39.3 Å². The average Bonchev–Trinajstić information content (AvgIpc) is 3.94. The minimum absolute atomic E-state index is 0. The van der Waals surface area contributed by atoms with Crippen LogP contribution in [0.1, 0.15) is 40.0 Å². The van der Waals surface area contributed by atoms with Gasteiger partial charge in [0.1, 0.15) is 5.82 Å². The van der Waals surface area contributed by atoms with Crippen LogP contribution in [0.2, 0.25) is 13.1 Å². The summed E-state index contributed by atoms with van der Waals surface area (Å²) in [4.78, 5) is 6.82. The van der Waals surface area contributed by atoms with E-state index in [-0.39, 0.29) is 54.4 Å². The molecule has 0 saturated carbocycles. The number of benzene rings is 7. The summed E-state index contributed by atoms with van der Waals surface area (Å²) in [6.45, 7) is 11.1. The molecule has 6 nitrogen and oxygen atoms in total. The van der Waals surface area contributed by atoms with Crippen molar-refractivity contribution in [1.82, 2.24) is 14.1 Å². The zero-order chi connectivity index (χ0) is 51.9.